The van der Waals surface area contributed by atoms with Crippen molar-refractivity contribution in [3.05, 3.63) is 71.3 Å². The highest BCUT2D eigenvalue weighted by atomic mass is 16.5. The van der Waals surface area contributed by atoms with Gasteiger partial charge in [0.2, 0.25) is 0 Å². The van der Waals surface area contributed by atoms with Gasteiger partial charge in [0.25, 0.3) is 0 Å². The average molecular weight is 299 g/mol. The quantitative estimate of drug-likeness (QED) is 0.862. The van der Waals surface area contributed by atoms with Crippen molar-refractivity contribution in [1.82, 2.24) is 5.32 Å². The van der Waals surface area contributed by atoms with Gasteiger partial charge in [-0.25, -0.2) is 4.79 Å². The predicted octanol–water partition coefficient (Wildman–Crippen LogP) is 2.82. The molecule has 0 heterocycles. The second-order valence-electron chi connectivity index (χ2n) is 5.28. The molecule has 2 rings (SSSR count). The summed E-state index contributed by atoms with van der Waals surface area (Å²) in [4.78, 5) is 11.8. The first kappa shape index (κ1) is 16.0. The zero-order chi connectivity index (χ0) is 15.8. The van der Waals surface area contributed by atoms with Gasteiger partial charge in [-0.05, 0) is 24.5 Å². The minimum atomic E-state index is -0.519. The molecule has 0 fully saturated rings. The number of alkyl carbamates (subject to hydrolysis) is 1. The van der Waals surface area contributed by atoms with Crippen LogP contribution in [-0.4, -0.2) is 23.8 Å². The summed E-state index contributed by atoms with van der Waals surface area (Å²) < 4.78 is 5.16. The van der Waals surface area contributed by atoms with E-state index in [0.717, 1.165) is 11.1 Å². The van der Waals surface area contributed by atoms with Crippen molar-refractivity contribution in [2.75, 3.05) is 6.61 Å². The molecule has 0 aliphatic carbocycles. The molecule has 0 aliphatic rings. The van der Waals surface area contributed by atoms with E-state index in [-0.39, 0.29) is 19.3 Å². The van der Waals surface area contributed by atoms with E-state index in [1.165, 1.54) is 5.56 Å². The van der Waals surface area contributed by atoms with Crippen LogP contribution in [0.2, 0.25) is 0 Å². The molecular weight excluding hydrogens is 278 g/mol. The lowest BCUT2D eigenvalue weighted by atomic mass is 10.1. The number of ether oxygens (including phenoxy) is 1. The Kier molecular flexibility index (Phi) is 5.98. The van der Waals surface area contributed by atoms with Gasteiger partial charge in [-0.15, -0.1) is 0 Å². The summed E-state index contributed by atoms with van der Waals surface area (Å²) in [6.45, 7) is 2.11. The maximum Gasteiger partial charge on any atom is 0.407 e. The minimum absolute atomic E-state index is 0.131. The fourth-order valence-corrected chi connectivity index (χ4v) is 2.10. The summed E-state index contributed by atoms with van der Waals surface area (Å²) >= 11 is 0. The van der Waals surface area contributed by atoms with E-state index in [1.807, 2.05) is 61.5 Å². The topological polar surface area (TPSA) is 58.6 Å². The molecule has 0 spiro atoms. The van der Waals surface area contributed by atoms with Crippen LogP contribution in [0.1, 0.15) is 16.7 Å². The number of hydrogen-bond donors (Lipinski definition) is 2. The maximum atomic E-state index is 11.8. The molecule has 0 bridgehead atoms. The Labute approximate surface area is 130 Å². The number of hydrogen-bond acceptors (Lipinski definition) is 3. The Hall–Kier alpha value is -2.33. The van der Waals surface area contributed by atoms with Gasteiger partial charge in [-0.3, -0.25) is 0 Å². The number of aryl methyl sites for hydroxylation is 1. The number of carbonyl (C=O) groups is 1. The lowest BCUT2D eigenvalue weighted by Crippen LogP contribution is -2.39. The molecule has 0 saturated heterocycles. The van der Waals surface area contributed by atoms with Crippen molar-refractivity contribution in [3.8, 4) is 0 Å². The molecule has 116 valence electrons. The van der Waals surface area contributed by atoms with Gasteiger partial charge in [0.1, 0.15) is 6.61 Å². The third-order valence-electron chi connectivity index (χ3n) is 3.36. The maximum absolute atomic E-state index is 11.8. The van der Waals surface area contributed by atoms with Crippen molar-refractivity contribution >= 4 is 6.09 Å². The van der Waals surface area contributed by atoms with Gasteiger partial charge in [0, 0.05) is 0 Å². The number of rotatable bonds is 6. The first-order valence-electron chi connectivity index (χ1n) is 7.31. The number of nitrogens with one attached hydrogen (secondary N) is 1. The third-order valence-corrected chi connectivity index (χ3v) is 3.36. The molecular formula is C18H21NO3. The second kappa shape index (κ2) is 8.20. The van der Waals surface area contributed by atoms with Gasteiger partial charge in [-0.1, -0.05) is 60.2 Å². The molecule has 22 heavy (non-hydrogen) atoms. The summed E-state index contributed by atoms with van der Waals surface area (Å²) in [6.07, 6.45) is 0.0482. The van der Waals surface area contributed by atoms with Crippen LogP contribution < -0.4 is 5.32 Å². The number of benzene rings is 2. The Bertz CT molecular complexity index is 581. The van der Waals surface area contributed by atoms with Gasteiger partial charge < -0.3 is 15.2 Å². The number of aliphatic hydroxyl groups excluding tert-OH is 1. The van der Waals surface area contributed by atoms with Crippen molar-refractivity contribution in [3.63, 3.8) is 0 Å². The highest BCUT2D eigenvalue weighted by Gasteiger charge is 2.13. The van der Waals surface area contributed by atoms with Crippen LogP contribution >= 0.6 is 0 Å². The molecule has 2 aromatic rings. The van der Waals surface area contributed by atoms with Gasteiger partial charge in [0.05, 0.1) is 12.6 Å². The fraction of sp³-hybridized carbons (Fsp3) is 0.278. The molecule has 4 nitrogen and oxygen atoms in total. The van der Waals surface area contributed by atoms with Crippen LogP contribution in [0.5, 0.6) is 0 Å². The van der Waals surface area contributed by atoms with E-state index in [1.54, 1.807) is 0 Å². The fourth-order valence-electron chi connectivity index (χ4n) is 2.10. The van der Waals surface area contributed by atoms with Gasteiger partial charge >= 0.3 is 6.09 Å². The largest absolute Gasteiger partial charge is 0.445 e. The molecule has 2 aromatic carbocycles. The number of aliphatic hydroxyl groups is 1. The molecule has 1 atom stereocenters. The molecule has 4 heteroatoms. The van der Waals surface area contributed by atoms with E-state index >= 15 is 0 Å². The van der Waals surface area contributed by atoms with E-state index in [9.17, 15) is 9.90 Å². The van der Waals surface area contributed by atoms with E-state index in [2.05, 4.69) is 5.32 Å². The third kappa shape index (κ3) is 5.22. The first-order valence-corrected chi connectivity index (χ1v) is 7.31. The Morgan fingerprint density at radius 1 is 1.09 bits per heavy atom. The summed E-state index contributed by atoms with van der Waals surface area (Å²) in [5, 5.41) is 12.1. The van der Waals surface area contributed by atoms with Crippen molar-refractivity contribution in [2.45, 2.75) is 26.0 Å². The smallest absolute Gasteiger partial charge is 0.407 e. The lowest BCUT2D eigenvalue weighted by molar-refractivity contribution is 0.129. The van der Waals surface area contributed by atoms with Crippen LogP contribution in [0, 0.1) is 6.92 Å². The number of amides is 1. The Morgan fingerprint density at radius 2 is 1.77 bits per heavy atom. The summed E-state index contributed by atoms with van der Waals surface area (Å²) in [6, 6.07) is 17.1. The van der Waals surface area contributed by atoms with Gasteiger partial charge in [-0.2, -0.15) is 0 Å². The van der Waals surface area contributed by atoms with Crippen molar-refractivity contribution < 1.29 is 14.6 Å². The standard InChI is InChI=1S/C18H21NO3/c1-14-7-9-15(10-8-14)11-17(12-20)19-18(21)22-13-16-5-3-2-4-6-16/h2-10,17,20H,11-13H2,1H3,(H,19,21). The Morgan fingerprint density at radius 3 is 2.41 bits per heavy atom. The monoisotopic (exact) mass is 299 g/mol. The molecule has 1 amide bonds. The van der Waals surface area contributed by atoms with E-state index in [0.29, 0.717) is 6.42 Å². The van der Waals surface area contributed by atoms with Crippen molar-refractivity contribution in [1.29, 1.82) is 0 Å². The van der Waals surface area contributed by atoms with Crippen LogP contribution in [0.4, 0.5) is 4.79 Å². The highest BCUT2D eigenvalue weighted by molar-refractivity contribution is 5.67. The highest BCUT2D eigenvalue weighted by Crippen LogP contribution is 2.07. The second-order valence-corrected chi connectivity index (χ2v) is 5.28. The van der Waals surface area contributed by atoms with E-state index in [4.69, 9.17) is 4.74 Å². The number of carbonyl (C=O) groups excluding carboxylic acids is 1. The van der Waals surface area contributed by atoms with Crippen LogP contribution in [0.25, 0.3) is 0 Å². The lowest BCUT2D eigenvalue weighted by Gasteiger charge is -2.16. The zero-order valence-corrected chi connectivity index (χ0v) is 12.7. The zero-order valence-electron chi connectivity index (χ0n) is 12.7. The molecule has 0 saturated carbocycles. The SMILES string of the molecule is Cc1ccc(CC(CO)NC(=O)OCc2ccccc2)cc1. The average Bonchev–Trinajstić information content (AvgIpc) is 2.55. The molecule has 0 aromatic heterocycles. The predicted molar refractivity (Wildman–Crippen MR) is 85.5 cm³/mol. The summed E-state index contributed by atoms with van der Waals surface area (Å²) in [5.41, 5.74) is 3.17. The molecule has 1 unspecified atom stereocenters. The molecule has 0 aliphatic heterocycles. The summed E-state index contributed by atoms with van der Waals surface area (Å²) in [5.74, 6) is 0. The molecule has 2 N–H and O–H groups in total. The Balaban J connectivity index is 1.81. The van der Waals surface area contributed by atoms with Crippen LogP contribution in [0.3, 0.4) is 0 Å². The van der Waals surface area contributed by atoms with Crippen molar-refractivity contribution in [2.24, 2.45) is 0 Å². The minimum Gasteiger partial charge on any atom is -0.445 e. The van der Waals surface area contributed by atoms with Crippen LogP contribution in [0.15, 0.2) is 54.6 Å². The van der Waals surface area contributed by atoms with Gasteiger partial charge in [0.15, 0.2) is 0 Å². The summed E-state index contributed by atoms with van der Waals surface area (Å²) in [7, 11) is 0. The first-order chi connectivity index (χ1) is 10.7. The molecule has 0 radical (unpaired) electrons. The normalized spacial score (nSPS) is 11.7. The van der Waals surface area contributed by atoms with Crippen LogP contribution in [-0.2, 0) is 17.8 Å². The van der Waals surface area contributed by atoms with E-state index < -0.39 is 6.09 Å².